The van der Waals surface area contributed by atoms with Crippen LogP contribution in [-0.2, 0) is 16.4 Å². The molecule has 0 aromatic heterocycles. The van der Waals surface area contributed by atoms with Gasteiger partial charge in [0.15, 0.2) is 0 Å². The first-order chi connectivity index (χ1) is 7.45. The number of aliphatic hydroxyl groups is 1. The third-order valence-corrected chi connectivity index (χ3v) is 3.60. The Bertz CT molecular complexity index is 442. The Balaban J connectivity index is 2.90. The van der Waals surface area contributed by atoms with Gasteiger partial charge in [-0.2, -0.15) is 0 Å². The Hall–Kier alpha value is -1.07. The standard InChI is InChI=1S/C11H17NO3S/c1-12(16(2,14)15)11-7-3-5-10(9-11)6-4-8-13/h3,5,7,9,13H,4,6,8H2,1-2H3. The average molecular weight is 243 g/mol. The molecule has 1 aromatic rings. The van der Waals surface area contributed by atoms with Gasteiger partial charge in [0, 0.05) is 13.7 Å². The van der Waals surface area contributed by atoms with Crippen LogP contribution in [0.5, 0.6) is 0 Å². The first-order valence-electron chi connectivity index (χ1n) is 5.09. The van der Waals surface area contributed by atoms with Crippen molar-refractivity contribution in [3.63, 3.8) is 0 Å². The van der Waals surface area contributed by atoms with E-state index in [0.717, 1.165) is 12.0 Å². The van der Waals surface area contributed by atoms with Crippen molar-refractivity contribution in [1.29, 1.82) is 0 Å². The van der Waals surface area contributed by atoms with Crippen molar-refractivity contribution < 1.29 is 13.5 Å². The molecule has 0 heterocycles. The van der Waals surface area contributed by atoms with E-state index < -0.39 is 10.0 Å². The Morgan fingerprint density at radius 2 is 2.06 bits per heavy atom. The summed E-state index contributed by atoms with van der Waals surface area (Å²) >= 11 is 0. The van der Waals surface area contributed by atoms with Crippen LogP contribution in [-0.4, -0.2) is 33.4 Å². The lowest BCUT2D eigenvalue weighted by atomic mass is 10.1. The molecule has 0 bridgehead atoms. The van der Waals surface area contributed by atoms with E-state index >= 15 is 0 Å². The maximum Gasteiger partial charge on any atom is 0.231 e. The molecule has 4 nitrogen and oxygen atoms in total. The number of aryl methyl sites for hydroxylation is 1. The Morgan fingerprint density at radius 1 is 1.38 bits per heavy atom. The van der Waals surface area contributed by atoms with Crippen molar-refractivity contribution in [2.24, 2.45) is 0 Å². The van der Waals surface area contributed by atoms with E-state index in [4.69, 9.17) is 5.11 Å². The minimum atomic E-state index is -3.21. The van der Waals surface area contributed by atoms with Gasteiger partial charge in [-0.1, -0.05) is 12.1 Å². The number of hydrogen-bond donors (Lipinski definition) is 1. The zero-order valence-electron chi connectivity index (χ0n) is 9.55. The smallest absolute Gasteiger partial charge is 0.231 e. The molecule has 0 spiro atoms. The predicted octanol–water partition coefficient (Wildman–Crippen LogP) is 1.01. The zero-order chi connectivity index (χ0) is 12.2. The van der Waals surface area contributed by atoms with E-state index in [0.29, 0.717) is 12.1 Å². The summed E-state index contributed by atoms with van der Waals surface area (Å²) in [7, 11) is -1.68. The summed E-state index contributed by atoms with van der Waals surface area (Å²) in [5.74, 6) is 0. The summed E-state index contributed by atoms with van der Waals surface area (Å²) in [4.78, 5) is 0. The lowest BCUT2D eigenvalue weighted by Crippen LogP contribution is -2.24. The molecule has 0 saturated carbocycles. The molecule has 0 aliphatic rings. The first-order valence-corrected chi connectivity index (χ1v) is 6.93. The van der Waals surface area contributed by atoms with Crippen LogP contribution in [0, 0.1) is 0 Å². The molecule has 0 fully saturated rings. The maximum absolute atomic E-state index is 11.3. The van der Waals surface area contributed by atoms with E-state index in [2.05, 4.69) is 0 Å². The van der Waals surface area contributed by atoms with Gasteiger partial charge in [0.25, 0.3) is 0 Å². The molecule has 0 saturated heterocycles. The van der Waals surface area contributed by atoms with Crippen LogP contribution in [0.3, 0.4) is 0 Å². The average Bonchev–Trinajstić information content (AvgIpc) is 2.24. The van der Waals surface area contributed by atoms with Crippen LogP contribution >= 0.6 is 0 Å². The normalized spacial score (nSPS) is 11.4. The fraction of sp³-hybridized carbons (Fsp3) is 0.455. The summed E-state index contributed by atoms with van der Waals surface area (Å²) in [5, 5.41) is 8.73. The van der Waals surface area contributed by atoms with Gasteiger partial charge in [0.05, 0.1) is 11.9 Å². The second-order valence-corrected chi connectivity index (χ2v) is 5.74. The van der Waals surface area contributed by atoms with Crippen LogP contribution in [0.25, 0.3) is 0 Å². The van der Waals surface area contributed by atoms with Gasteiger partial charge in [-0.15, -0.1) is 0 Å². The van der Waals surface area contributed by atoms with Crippen molar-refractivity contribution in [3.8, 4) is 0 Å². The monoisotopic (exact) mass is 243 g/mol. The van der Waals surface area contributed by atoms with Crippen molar-refractivity contribution in [1.82, 2.24) is 0 Å². The number of anilines is 1. The van der Waals surface area contributed by atoms with E-state index in [1.165, 1.54) is 17.6 Å². The molecule has 1 rings (SSSR count). The molecule has 1 N–H and O–H groups in total. The Morgan fingerprint density at radius 3 is 2.62 bits per heavy atom. The molecule has 0 radical (unpaired) electrons. The van der Waals surface area contributed by atoms with Crippen LogP contribution < -0.4 is 4.31 Å². The van der Waals surface area contributed by atoms with Crippen LogP contribution in [0.15, 0.2) is 24.3 Å². The fourth-order valence-electron chi connectivity index (χ4n) is 1.38. The summed E-state index contributed by atoms with van der Waals surface area (Å²) < 4.78 is 23.9. The number of nitrogens with zero attached hydrogens (tertiary/aromatic N) is 1. The third-order valence-electron chi connectivity index (χ3n) is 2.40. The molecular weight excluding hydrogens is 226 g/mol. The van der Waals surface area contributed by atoms with Crippen molar-refractivity contribution in [2.75, 3.05) is 24.2 Å². The van der Waals surface area contributed by atoms with E-state index in [1.807, 2.05) is 18.2 Å². The first kappa shape index (κ1) is 13.0. The lowest BCUT2D eigenvalue weighted by molar-refractivity contribution is 0.288. The summed E-state index contributed by atoms with van der Waals surface area (Å²) in [5.41, 5.74) is 1.68. The number of aliphatic hydroxyl groups excluding tert-OH is 1. The molecule has 0 aliphatic heterocycles. The second kappa shape index (κ2) is 5.32. The molecular formula is C11H17NO3S. The predicted molar refractivity (Wildman–Crippen MR) is 65.1 cm³/mol. The van der Waals surface area contributed by atoms with Crippen molar-refractivity contribution in [3.05, 3.63) is 29.8 Å². The molecule has 0 atom stereocenters. The largest absolute Gasteiger partial charge is 0.396 e. The molecule has 0 aliphatic carbocycles. The highest BCUT2D eigenvalue weighted by molar-refractivity contribution is 7.92. The van der Waals surface area contributed by atoms with E-state index in [-0.39, 0.29) is 6.61 Å². The topological polar surface area (TPSA) is 57.6 Å². The third kappa shape index (κ3) is 3.50. The van der Waals surface area contributed by atoms with Gasteiger partial charge >= 0.3 is 0 Å². The highest BCUT2D eigenvalue weighted by atomic mass is 32.2. The number of benzene rings is 1. The lowest BCUT2D eigenvalue weighted by Gasteiger charge is -2.17. The van der Waals surface area contributed by atoms with Gasteiger partial charge in [-0.25, -0.2) is 8.42 Å². The number of sulfonamides is 1. The highest BCUT2D eigenvalue weighted by Crippen LogP contribution is 2.17. The number of hydrogen-bond acceptors (Lipinski definition) is 3. The number of rotatable bonds is 5. The Labute approximate surface area is 96.6 Å². The van der Waals surface area contributed by atoms with Crippen molar-refractivity contribution in [2.45, 2.75) is 12.8 Å². The highest BCUT2D eigenvalue weighted by Gasteiger charge is 2.11. The molecule has 1 aromatic carbocycles. The van der Waals surface area contributed by atoms with Crippen LogP contribution in [0.1, 0.15) is 12.0 Å². The molecule has 5 heteroatoms. The Kier molecular flexibility index (Phi) is 4.32. The van der Waals surface area contributed by atoms with E-state index in [9.17, 15) is 8.42 Å². The SMILES string of the molecule is CN(c1cccc(CCCO)c1)S(C)(=O)=O. The van der Waals surface area contributed by atoms with Gasteiger partial charge < -0.3 is 5.11 Å². The van der Waals surface area contributed by atoms with Crippen molar-refractivity contribution >= 4 is 15.7 Å². The van der Waals surface area contributed by atoms with E-state index in [1.54, 1.807) is 6.07 Å². The summed E-state index contributed by atoms with van der Waals surface area (Å²) in [6.07, 6.45) is 2.61. The zero-order valence-corrected chi connectivity index (χ0v) is 10.4. The minimum absolute atomic E-state index is 0.145. The molecule has 0 amide bonds. The van der Waals surface area contributed by atoms with Gasteiger partial charge in [0.1, 0.15) is 0 Å². The fourth-order valence-corrected chi connectivity index (χ4v) is 1.88. The van der Waals surface area contributed by atoms with Gasteiger partial charge in [-0.3, -0.25) is 4.31 Å². The molecule has 16 heavy (non-hydrogen) atoms. The minimum Gasteiger partial charge on any atom is -0.396 e. The quantitative estimate of drug-likeness (QED) is 0.839. The molecule has 0 unspecified atom stereocenters. The maximum atomic E-state index is 11.3. The van der Waals surface area contributed by atoms with Crippen LogP contribution in [0.4, 0.5) is 5.69 Å². The van der Waals surface area contributed by atoms with Crippen LogP contribution in [0.2, 0.25) is 0 Å². The van der Waals surface area contributed by atoms with Gasteiger partial charge in [-0.05, 0) is 30.5 Å². The summed E-state index contributed by atoms with van der Waals surface area (Å²) in [6, 6.07) is 7.33. The summed E-state index contributed by atoms with van der Waals surface area (Å²) in [6.45, 7) is 0.145. The second-order valence-electron chi connectivity index (χ2n) is 3.73. The van der Waals surface area contributed by atoms with Gasteiger partial charge in [0.2, 0.25) is 10.0 Å². The molecule has 90 valence electrons.